The van der Waals surface area contributed by atoms with Crippen LogP contribution in [0, 0.1) is 11.7 Å². The Balaban J connectivity index is 1.71. The highest BCUT2D eigenvalue weighted by Gasteiger charge is 2.30. The van der Waals surface area contributed by atoms with E-state index in [0.717, 1.165) is 31.7 Å². The third-order valence-corrected chi connectivity index (χ3v) is 6.03. The SMILES string of the molecule is NC(CNS(=O)(=O)c1ccc(C(=O)N2CCCC2)c(F)c1)C1CC1. The van der Waals surface area contributed by atoms with E-state index in [2.05, 4.69) is 4.72 Å². The van der Waals surface area contributed by atoms with Crippen LogP contribution in [0.1, 0.15) is 36.0 Å². The van der Waals surface area contributed by atoms with Gasteiger partial charge in [-0.3, -0.25) is 4.79 Å². The Kier molecular flexibility index (Phi) is 4.89. The smallest absolute Gasteiger partial charge is 0.256 e. The van der Waals surface area contributed by atoms with E-state index in [-0.39, 0.29) is 23.0 Å². The highest BCUT2D eigenvalue weighted by Crippen LogP contribution is 2.31. The molecule has 2 fully saturated rings. The van der Waals surface area contributed by atoms with E-state index in [4.69, 9.17) is 5.73 Å². The minimum absolute atomic E-state index is 0.0921. The summed E-state index contributed by atoms with van der Waals surface area (Å²) in [6.07, 6.45) is 3.85. The van der Waals surface area contributed by atoms with E-state index in [9.17, 15) is 17.6 Å². The molecule has 0 bridgehead atoms. The van der Waals surface area contributed by atoms with Gasteiger partial charge in [-0.05, 0) is 49.8 Å². The van der Waals surface area contributed by atoms with Gasteiger partial charge in [-0.15, -0.1) is 0 Å². The van der Waals surface area contributed by atoms with Crippen LogP contribution >= 0.6 is 0 Å². The van der Waals surface area contributed by atoms with E-state index in [1.54, 1.807) is 4.90 Å². The van der Waals surface area contributed by atoms with Crippen LogP contribution in [-0.2, 0) is 10.0 Å². The first-order chi connectivity index (χ1) is 11.4. The molecule has 2 aliphatic rings. The summed E-state index contributed by atoms with van der Waals surface area (Å²) < 4.78 is 41.2. The fourth-order valence-electron chi connectivity index (χ4n) is 2.91. The van der Waals surface area contributed by atoms with Crippen molar-refractivity contribution in [2.45, 2.75) is 36.6 Å². The lowest BCUT2D eigenvalue weighted by atomic mass is 10.2. The average molecular weight is 355 g/mol. The van der Waals surface area contributed by atoms with Gasteiger partial charge in [0.05, 0.1) is 10.5 Å². The van der Waals surface area contributed by atoms with Crippen molar-refractivity contribution in [1.29, 1.82) is 0 Å². The molecule has 1 aromatic rings. The van der Waals surface area contributed by atoms with Crippen molar-refractivity contribution >= 4 is 15.9 Å². The van der Waals surface area contributed by atoms with Crippen LogP contribution in [0.15, 0.2) is 23.1 Å². The van der Waals surface area contributed by atoms with Crippen molar-refractivity contribution in [3.05, 3.63) is 29.6 Å². The number of sulfonamides is 1. The number of nitrogens with zero attached hydrogens (tertiary/aromatic N) is 1. The lowest BCUT2D eigenvalue weighted by molar-refractivity contribution is 0.0788. The van der Waals surface area contributed by atoms with Crippen LogP contribution in [0.5, 0.6) is 0 Å². The van der Waals surface area contributed by atoms with Crippen molar-refractivity contribution < 1.29 is 17.6 Å². The number of carbonyl (C=O) groups excluding carboxylic acids is 1. The summed E-state index contributed by atoms with van der Waals surface area (Å²) in [6.45, 7) is 1.35. The maximum atomic E-state index is 14.3. The molecule has 0 aromatic heterocycles. The van der Waals surface area contributed by atoms with Gasteiger partial charge in [0.2, 0.25) is 10.0 Å². The van der Waals surface area contributed by atoms with Crippen LogP contribution in [0.3, 0.4) is 0 Å². The van der Waals surface area contributed by atoms with Crippen molar-refractivity contribution in [3.8, 4) is 0 Å². The molecular weight excluding hydrogens is 333 g/mol. The maximum absolute atomic E-state index is 14.3. The minimum atomic E-state index is -3.84. The first kappa shape index (κ1) is 17.3. The molecule has 6 nitrogen and oxygen atoms in total. The van der Waals surface area contributed by atoms with Gasteiger partial charge in [-0.1, -0.05) is 0 Å². The first-order valence-corrected chi connectivity index (χ1v) is 9.71. The molecule has 1 aliphatic heterocycles. The molecule has 1 aliphatic carbocycles. The zero-order chi connectivity index (χ0) is 17.3. The van der Waals surface area contributed by atoms with Gasteiger partial charge in [-0.25, -0.2) is 17.5 Å². The van der Waals surface area contributed by atoms with Crippen LogP contribution in [0.25, 0.3) is 0 Å². The summed E-state index contributed by atoms with van der Waals surface area (Å²) in [5.41, 5.74) is 5.78. The normalized spacial score (nSPS) is 19.5. The molecule has 0 spiro atoms. The molecule has 3 N–H and O–H groups in total. The molecule has 1 atom stereocenters. The van der Waals surface area contributed by atoms with Crippen LogP contribution < -0.4 is 10.5 Å². The van der Waals surface area contributed by atoms with Gasteiger partial charge in [0.1, 0.15) is 5.82 Å². The largest absolute Gasteiger partial charge is 0.339 e. The third-order valence-electron chi connectivity index (χ3n) is 4.61. The minimum Gasteiger partial charge on any atom is -0.339 e. The van der Waals surface area contributed by atoms with Crippen molar-refractivity contribution in [1.82, 2.24) is 9.62 Å². The van der Waals surface area contributed by atoms with Crippen molar-refractivity contribution in [2.24, 2.45) is 11.7 Å². The highest BCUT2D eigenvalue weighted by molar-refractivity contribution is 7.89. The number of halogens is 1. The lowest BCUT2D eigenvalue weighted by Gasteiger charge is -2.16. The molecule has 1 unspecified atom stereocenters. The van der Waals surface area contributed by atoms with E-state index in [1.807, 2.05) is 0 Å². The second-order valence-corrected chi connectivity index (χ2v) is 8.26. The molecule has 1 saturated carbocycles. The summed E-state index contributed by atoms with van der Waals surface area (Å²) in [5, 5.41) is 0. The average Bonchev–Trinajstić information content (AvgIpc) is 3.26. The summed E-state index contributed by atoms with van der Waals surface area (Å²) >= 11 is 0. The molecule has 132 valence electrons. The van der Waals surface area contributed by atoms with Gasteiger partial charge in [0.25, 0.3) is 5.91 Å². The second kappa shape index (κ2) is 6.78. The van der Waals surface area contributed by atoms with Crippen molar-refractivity contribution in [2.75, 3.05) is 19.6 Å². The Morgan fingerprint density at radius 3 is 2.58 bits per heavy atom. The lowest BCUT2D eigenvalue weighted by Crippen LogP contribution is -2.38. The zero-order valence-corrected chi connectivity index (χ0v) is 14.2. The standard InChI is InChI=1S/C16H22FN3O3S/c17-14-9-12(24(22,23)19-10-15(18)11-3-4-11)5-6-13(14)16(21)20-7-1-2-8-20/h5-6,9,11,15,19H,1-4,7-8,10,18H2. The van der Waals surface area contributed by atoms with Gasteiger partial charge in [0.15, 0.2) is 0 Å². The number of hydrogen-bond donors (Lipinski definition) is 2. The van der Waals surface area contributed by atoms with Gasteiger partial charge < -0.3 is 10.6 Å². The Labute approximate surface area is 141 Å². The molecule has 1 amide bonds. The fourth-order valence-corrected chi connectivity index (χ4v) is 3.99. The molecule has 1 heterocycles. The molecule has 1 aromatic carbocycles. The summed E-state index contributed by atoms with van der Waals surface area (Å²) in [5.74, 6) is -0.844. The van der Waals surface area contributed by atoms with Crippen LogP contribution in [-0.4, -0.2) is 44.9 Å². The molecule has 0 radical (unpaired) electrons. The predicted molar refractivity (Wildman–Crippen MR) is 87.4 cm³/mol. The third kappa shape index (κ3) is 3.76. The van der Waals surface area contributed by atoms with E-state index < -0.39 is 21.7 Å². The van der Waals surface area contributed by atoms with Crippen LogP contribution in [0.2, 0.25) is 0 Å². The van der Waals surface area contributed by atoms with Crippen molar-refractivity contribution in [3.63, 3.8) is 0 Å². The molecular formula is C16H22FN3O3S. The number of nitrogens with two attached hydrogens (primary N) is 1. The second-order valence-electron chi connectivity index (χ2n) is 6.49. The number of benzene rings is 1. The maximum Gasteiger partial charge on any atom is 0.256 e. The van der Waals surface area contributed by atoms with Gasteiger partial charge in [0, 0.05) is 25.7 Å². The fraction of sp³-hybridized carbons (Fsp3) is 0.562. The van der Waals surface area contributed by atoms with E-state index in [0.29, 0.717) is 19.0 Å². The first-order valence-electron chi connectivity index (χ1n) is 8.22. The summed E-state index contributed by atoms with van der Waals surface area (Å²) in [4.78, 5) is 13.6. The number of rotatable bonds is 6. The van der Waals surface area contributed by atoms with Gasteiger partial charge in [-0.2, -0.15) is 0 Å². The van der Waals surface area contributed by atoms with E-state index in [1.165, 1.54) is 12.1 Å². The topological polar surface area (TPSA) is 92.5 Å². The molecule has 24 heavy (non-hydrogen) atoms. The molecule has 3 rings (SSSR count). The quantitative estimate of drug-likeness (QED) is 0.799. The number of likely N-dealkylation sites (tertiary alicyclic amines) is 1. The molecule has 1 saturated heterocycles. The van der Waals surface area contributed by atoms with E-state index >= 15 is 0 Å². The number of nitrogens with one attached hydrogen (secondary N) is 1. The highest BCUT2D eigenvalue weighted by atomic mass is 32.2. The predicted octanol–water partition coefficient (Wildman–Crippen LogP) is 1.08. The Morgan fingerprint density at radius 2 is 2.00 bits per heavy atom. The Morgan fingerprint density at radius 1 is 1.33 bits per heavy atom. The summed E-state index contributed by atoms with van der Waals surface area (Å²) in [7, 11) is -3.84. The van der Waals surface area contributed by atoms with Gasteiger partial charge >= 0.3 is 0 Å². The monoisotopic (exact) mass is 355 g/mol. The zero-order valence-electron chi connectivity index (χ0n) is 13.4. The summed E-state index contributed by atoms with van der Waals surface area (Å²) in [6, 6.07) is 3.18. The van der Waals surface area contributed by atoms with Crippen LogP contribution in [0.4, 0.5) is 4.39 Å². The number of carbonyl (C=O) groups is 1. The Bertz CT molecular complexity index is 728. The molecule has 8 heteroatoms. The number of hydrogen-bond acceptors (Lipinski definition) is 4. The Hall–Kier alpha value is -1.51. The number of amides is 1.